The van der Waals surface area contributed by atoms with Crippen LogP contribution in [-0.4, -0.2) is 73.1 Å². The van der Waals surface area contributed by atoms with Crippen LogP contribution >= 0.6 is 0 Å². The van der Waals surface area contributed by atoms with Gasteiger partial charge in [-0.25, -0.2) is 0 Å². The van der Waals surface area contributed by atoms with E-state index in [0.717, 1.165) is 12.1 Å². The van der Waals surface area contributed by atoms with Gasteiger partial charge in [0.25, 0.3) is 27.9 Å². The Labute approximate surface area is 172 Å². The van der Waals surface area contributed by atoms with Gasteiger partial charge in [-0.2, -0.15) is 0 Å². The Morgan fingerprint density at radius 1 is 0.885 bits per heavy atom. The molecule has 0 saturated carbocycles. The topological polar surface area (TPSA) is 64.6 Å². The van der Waals surface area contributed by atoms with Crippen molar-refractivity contribution in [2.24, 2.45) is 0 Å². The maximum Gasteiger partial charge on any atom is 0.411 e. The molecule has 15 heteroatoms. The molecule has 1 heterocycles. The maximum atomic E-state index is 6.30. The fourth-order valence-corrected chi connectivity index (χ4v) is 20.9. The molecule has 1 aliphatic rings. The Hall–Kier alpha value is 1.46. The molecule has 1 aliphatic heterocycles. The predicted octanol–water partition coefficient (Wildman–Crippen LogP) is 1.85. The largest absolute Gasteiger partial charge is 0.436 e. The number of hydrogen-bond donors (Lipinski definition) is 0. The summed E-state index contributed by atoms with van der Waals surface area (Å²) in [4.78, 5) is 0. The number of rotatable bonds is 9. The van der Waals surface area contributed by atoms with E-state index in [-0.39, 0.29) is 10.0 Å². The first-order valence-corrected chi connectivity index (χ1v) is 26.0. The molecule has 0 bridgehead atoms. The van der Waals surface area contributed by atoms with E-state index in [4.69, 9.17) is 28.8 Å². The second-order valence-corrected chi connectivity index (χ2v) is 29.1. The lowest BCUT2D eigenvalue weighted by molar-refractivity contribution is 0.290. The van der Waals surface area contributed by atoms with Crippen LogP contribution in [0.4, 0.5) is 0 Å². The summed E-state index contributed by atoms with van der Waals surface area (Å²) in [6.07, 6.45) is 0. The molecule has 2 unspecified atom stereocenters. The highest BCUT2D eigenvalue weighted by atomic mass is 28.5. The number of hydrogen-bond acceptors (Lipinski definition) is 7. The minimum atomic E-state index is -1.67. The lowest BCUT2D eigenvalue weighted by atomic mass is 11.0. The molecule has 1 fully saturated rings. The average Bonchev–Trinajstić information content (AvgIpc) is 2.39. The third-order valence-electron chi connectivity index (χ3n) is 2.82. The minimum absolute atomic E-state index is 0.0605. The second kappa shape index (κ2) is 11.6. The monoisotopic (exact) mass is 502 g/mol. The standard InChI is InChI=1S/C11H34O7Si8/c1-20-14-21(2)16-24(17-22(3)15-20)11-10-23(18-26(7,8)9)12-19-13-25(4,5)6/h20-22H,10-11H2,1-9H3. The Kier molecular flexibility index (Phi) is 11.4. The van der Waals surface area contributed by atoms with E-state index in [1.807, 2.05) is 6.55 Å². The van der Waals surface area contributed by atoms with E-state index >= 15 is 0 Å². The molecule has 4 radical (unpaired) electrons. The summed E-state index contributed by atoms with van der Waals surface area (Å²) in [7, 11) is -10.9. The molecular formula is C11H34O7Si8. The van der Waals surface area contributed by atoms with Crippen molar-refractivity contribution in [3.8, 4) is 0 Å². The SMILES string of the molecule is C[SiH]1O[Si](CC[Si](O[Si]O[Si](C)(C)C)O[Si](C)(C)C)O[SiH](C)O[SiH](C)O1. The quantitative estimate of drug-likeness (QED) is 0.446. The fourth-order valence-electron chi connectivity index (χ4n) is 2.00. The zero-order chi connectivity index (χ0) is 20.0. The average molecular weight is 503 g/mol. The summed E-state index contributed by atoms with van der Waals surface area (Å²) >= 11 is 0. The van der Waals surface area contributed by atoms with Crippen molar-refractivity contribution in [2.75, 3.05) is 0 Å². The molecule has 0 aromatic rings. The molecule has 7 nitrogen and oxygen atoms in total. The van der Waals surface area contributed by atoms with E-state index in [2.05, 4.69) is 52.4 Å². The van der Waals surface area contributed by atoms with Gasteiger partial charge in [0.1, 0.15) is 0 Å². The van der Waals surface area contributed by atoms with Crippen LogP contribution in [-0.2, 0) is 28.8 Å². The zero-order valence-corrected chi connectivity index (χ0v) is 26.0. The van der Waals surface area contributed by atoms with Crippen LogP contribution in [0.5, 0.6) is 0 Å². The van der Waals surface area contributed by atoms with Crippen molar-refractivity contribution in [1.82, 2.24) is 0 Å². The predicted molar refractivity (Wildman–Crippen MR) is 120 cm³/mol. The molecule has 1 rings (SSSR count). The molecule has 0 aromatic carbocycles. The van der Waals surface area contributed by atoms with Crippen molar-refractivity contribution in [1.29, 1.82) is 0 Å². The van der Waals surface area contributed by atoms with Crippen molar-refractivity contribution in [3.63, 3.8) is 0 Å². The summed E-state index contributed by atoms with van der Waals surface area (Å²) in [5.41, 5.74) is 0. The molecule has 152 valence electrons. The van der Waals surface area contributed by atoms with E-state index in [9.17, 15) is 0 Å². The van der Waals surface area contributed by atoms with Gasteiger partial charge in [0.05, 0.1) is 0 Å². The summed E-state index contributed by atoms with van der Waals surface area (Å²) < 4.78 is 42.4. The van der Waals surface area contributed by atoms with Crippen LogP contribution in [0.15, 0.2) is 0 Å². The van der Waals surface area contributed by atoms with Gasteiger partial charge in [-0.15, -0.1) is 0 Å². The van der Waals surface area contributed by atoms with E-state index < -0.39 is 63.1 Å². The third kappa shape index (κ3) is 12.8. The lowest BCUT2D eigenvalue weighted by Gasteiger charge is -2.31. The zero-order valence-electron chi connectivity index (χ0n) is 17.5. The third-order valence-corrected chi connectivity index (χ3v) is 22.9. The first-order chi connectivity index (χ1) is 11.8. The Balaban J connectivity index is 2.56. The summed E-state index contributed by atoms with van der Waals surface area (Å²) in [5.74, 6) is 0. The Morgan fingerprint density at radius 2 is 1.42 bits per heavy atom. The van der Waals surface area contributed by atoms with Gasteiger partial charge in [0, 0.05) is 0 Å². The highest BCUT2D eigenvalue weighted by Crippen LogP contribution is 2.16. The normalized spacial score (nSPS) is 26.8. The summed E-state index contributed by atoms with van der Waals surface area (Å²) in [6, 6.07) is 1.69. The first kappa shape index (κ1) is 25.5. The minimum Gasteiger partial charge on any atom is -0.436 e. The van der Waals surface area contributed by atoms with Crippen molar-refractivity contribution in [3.05, 3.63) is 0 Å². The van der Waals surface area contributed by atoms with E-state index in [1.165, 1.54) is 0 Å². The Bertz CT molecular complexity index is 393. The van der Waals surface area contributed by atoms with E-state index in [1.54, 1.807) is 0 Å². The lowest BCUT2D eigenvalue weighted by Crippen LogP contribution is -2.46. The van der Waals surface area contributed by atoms with Crippen LogP contribution < -0.4 is 0 Å². The van der Waals surface area contributed by atoms with Gasteiger partial charge in [-0.3, -0.25) is 0 Å². The van der Waals surface area contributed by atoms with Crippen molar-refractivity contribution >= 4 is 73.1 Å². The summed E-state index contributed by atoms with van der Waals surface area (Å²) in [6.45, 7) is 19.2. The van der Waals surface area contributed by atoms with Crippen LogP contribution in [0.1, 0.15) is 0 Å². The van der Waals surface area contributed by atoms with Crippen LogP contribution in [0.3, 0.4) is 0 Å². The first-order valence-electron chi connectivity index (χ1n) is 8.99. The van der Waals surface area contributed by atoms with Crippen LogP contribution in [0, 0.1) is 0 Å². The van der Waals surface area contributed by atoms with Crippen LogP contribution in [0.2, 0.25) is 71.0 Å². The molecular weight excluding hydrogens is 469 g/mol. The Morgan fingerprint density at radius 3 is 1.88 bits per heavy atom. The summed E-state index contributed by atoms with van der Waals surface area (Å²) in [5, 5.41) is 0. The van der Waals surface area contributed by atoms with Crippen molar-refractivity contribution in [2.45, 2.75) is 71.0 Å². The van der Waals surface area contributed by atoms with Crippen LogP contribution in [0.25, 0.3) is 0 Å². The molecule has 1 saturated heterocycles. The van der Waals surface area contributed by atoms with Crippen molar-refractivity contribution < 1.29 is 28.8 Å². The maximum absolute atomic E-state index is 6.30. The molecule has 0 spiro atoms. The van der Waals surface area contributed by atoms with Gasteiger partial charge in [0.15, 0.2) is 16.6 Å². The molecule has 26 heavy (non-hydrogen) atoms. The van der Waals surface area contributed by atoms with E-state index in [0.29, 0.717) is 0 Å². The van der Waals surface area contributed by atoms with Gasteiger partial charge in [-0.1, -0.05) is 0 Å². The molecule has 0 amide bonds. The molecule has 0 N–H and O–H groups in total. The van der Waals surface area contributed by atoms with Gasteiger partial charge < -0.3 is 28.8 Å². The smallest absolute Gasteiger partial charge is 0.411 e. The molecule has 0 aliphatic carbocycles. The fraction of sp³-hybridized carbons (Fsp3) is 1.00. The van der Waals surface area contributed by atoms with Gasteiger partial charge >= 0.3 is 28.6 Å². The van der Waals surface area contributed by atoms with Gasteiger partial charge in [-0.05, 0) is 71.0 Å². The molecule has 2 atom stereocenters. The van der Waals surface area contributed by atoms with Gasteiger partial charge in [0.2, 0.25) is 0 Å². The molecule has 0 aromatic heterocycles. The highest BCUT2D eigenvalue weighted by molar-refractivity contribution is 6.78. The second-order valence-electron chi connectivity index (χ2n) is 8.07. The highest BCUT2D eigenvalue weighted by Gasteiger charge is 2.33.